The van der Waals surface area contributed by atoms with Crippen LogP contribution in [0.15, 0.2) is 60.8 Å². The van der Waals surface area contributed by atoms with Gasteiger partial charge in [0.1, 0.15) is 0 Å². The number of fused-ring (bicyclic) bond motifs is 1. The minimum absolute atomic E-state index is 0.296. The van der Waals surface area contributed by atoms with Gasteiger partial charge in [0.2, 0.25) is 0 Å². The fraction of sp³-hybridized carbons (Fsp3) is 0.176. The highest BCUT2D eigenvalue weighted by Gasteiger charge is 2.05. The molecule has 1 aromatic heterocycles. The molecule has 0 fully saturated rings. The zero-order valence-corrected chi connectivity index (χ0v) is 11.5. The van der Waals surface area contributed by atoms with E-state index in [1.165, 1.54) is 5.56 Å². The molecule has 1 N–H and O–H groups in total. The SMILES string of the molecule is C[C@H](NCc1cnc2ccccc2n1)c1ccccc1. The molecular formula is C17H17N3. The number of para-hydroxylation sites is 2. The summed E-state index contributed by atoms with van der Waals surface area (Å²) in [6.45, 7) is 2.87. The first-order valence-corrected chi connectivity index (χ1v) is 6.82. The average Bonchev–Trinajstić information content (AvgIpc) is 2.53. The van der Waals surface area contributed by atoms with Crippen molar-refractivity contribution in [3.05, 3.63) is 72.1 Å². The van der Waals surface area contributed by atoms with Gasteiger partial charge in [-0.1, -0.05) is 42.5 Å². The maximum absolute atomic E-state index is 4.62. The summed E-state index contributed by atoms with van der Waals surface area (Å²) in [6.07, 6.45) is 1.84. The van der Waals surface area contributed by atoms with Crippen molar-refractivity contribution in [2.24, 2.45) is 0 Å². The van der Waals surface area contributed by atoms with Crippen molar-refractivity contribution in [1.29, 1.82) is 0 Å². The molecule has 1 heterocycles. The molecule has 0 radical (unpaired) electrons. The smallest absolute Gasteiger partial charge is 0.0890 e. The summed E-state index contributed by atoms with van der Waals surface area (Å²) in [6, 6.07) is 18.6. The predicted octanol–water partition coefficient (Wildman–Crippen LogP) is 3.48. The van der Waals surface area contributed by atoms with Gasteiger partial charge in [-0.2, -0.15) is 0 Å². The third-order valence-electron chi connectivity index (χ3n) is 3.39. The molecule has 0 aliphatic rings. The molecule has 20 heavy (non-hydrogen) atoms. The Bertz CT molecular complexity index is 695. The number of benzene rings is 2. The van der Waals surface area contributed by atoms with Crippen molar-refractivity contribution in [2.75, 3.05) is 0 Å². The highest BCUT2D eigenvalue weighted by molar-refractivity contribution is 5.73. The van der Waals surface area contributed by atoms with Crippen LogP contribution in [-0.2, 0) is 6.54 Å². The largest absolute Gasteiger partial charge is 0.305 e. The van der Waals surface area contributed by atoms with E-state index < -0.39 is 0 Å². The van der Waals surface area contributed by atoms with Gasteiger partial charge in [-0.3, -0.25) is 4.98 Å². The van der Waals surface area contributed by atoms with E-state index in [2.05, 4.69) is 46.5 Å². The van der Waals surface area contributed by atoms with E-state index in [1.54, 1.807) is 0 Å². The van der Waals surface area contributed by atoms with Gasteiger partial charge in [0.15, 0.2) is 0 Å². The Balaban J connectivity index is 1.70. The summed E-state index contributed by atoms with van der Waals surface area (Å²) in [5, 5.41) is 3.48. The Morgan fingerprint density at radius 2 is 1.65 bits per heavy atom. The van der Waals surface area contributed by atoms with Crippen LogP contribution in [0.3, 0.4) is 0 Å². The lowest BCUT2D eigenvalue weighted by atomic mass is 10.1. The normalized spacial score (nSPS) is 12.4. The molecule has 1 atom stereocenters. The molecule has 0 saturated carbocycles. The van der Waals surface area contributed by atoms with Crippen LogP contribution in [0.5, 0.6) is 0 Å². The molecule has 3 heteroatoms. The number of hydrogen-bond acceptors (Lipinski definition) is 3. The van der Waals surface area contributed by atoms with Crippen LogP contribution < -0.4 is 5.32 Å². The summed E-state index contributed by atoms with van der Waals surface area (Å²) in [5.41, 5.74) is 4.12. The molecule has 2 aromatic carbocycles. The predicted molar refractivity (Wildman–Crippen MR) is 81.2 cm³/mol. The Kier molecular flexibility index (Phi) is 3.70. The van der Waals surface area contributed by atoms with E-state index in [9.17, 15) is 0 Å². The molecule has 0 aliphatic carbocycles. The Morgan fingerprint density at radius 1 is 0.950 bits per heavy atom. The van der Waals surface area contributed by atoms with Crippen LogP contribution in [0.1, 0.15) is 24.2 Å². The maximum Gasteiger partial charge on any atom is 0.0890 e. The lowest BCUT2D eigenvalue weighted by Crippen LogP contribution is -2.18. The summed E-state index contributed by atoms with van der Waals surface area (Å²) in [5.74, 6) is 0. The monoisotopic (exact) mass is 263 g/mol. The molecule has 3 aromatic rings. The summed E-state index contributed by atoms with van der Waals surface area (Å²) >= 11 is 0. The van der Waals surface area contributed by atoms with Gasteiger partial charge in [-0.15, -0.1) is 0 Å². The molecule has 0 spiro atoms. The lowest BCUT2D eigenvalue weighted by molar-refractivity contribution is 0.568. The van der Waals surface area contributed by atoms with Gasteiger partial charge in [0.25, 0.3) is 0 Å². The molecule has 0 saturated heterocycles. The standard InChI is InChI=1S/C17H17N3/c1-13(14-7-3-2-4-8-14)18-11-15-12-19-16-9-5-6-10-17(16)20-15/h2-10,12-13,18H,11H2,1H3/t13-/m0/s1. The maximum atomic E-state index is 4.62. The van der Waals surface area contributed by atoms with Gasteiger partial charge in [-0.05, 0) is 24.6 Å². The second kappa shape index (κ2) is 5.80. The fourth-order valence-electron chi connectivity index (χ4n) is 2.20. The third kappa shape index (κ3) is 2.83. The first kappa shape index (κ1) is 12.8. The van der Waals surface area contributed by atoms with E-state index >= 15 is 0 Å². The van der Waals surface area contributed by atoms with Crippen molar-refractivity contribution < 1.29 is 0 Å². The summed E-state index contributed by atoms with van der Waals surface area (Å²) in [7, 11) is 0. The van der Waals surface area contributed by atoms with Crippen LogP contribution in [0, 0.1) is 0 Å². The van der Waals surface area contributed by atoms with Gasteiger partial charge >= 0.3 is 0 Å². The Hall–Kier alpha value is -2.26. The minimum Gasteiger partial charge on any atom is -0.305 e. The molecule has 3 nitrogen and oxygen atoms in total. The van der Waals surface area contributed by atoms with Crippen molar-refractivity contribution in [3.8, 4) is 0 Å². The van der Waals surface area contributed by atoms with Crippen molar-refractivity contribution in [1.82, 2.24) is 15.3 Å². The highest BCUT2D eigenvalue weighted by Crippen LogP contribution is 2.13. The quantitative estimate of drug-likeness (QED) is 0.783. The van der Waals surface area contributed by atoms with Crippen LogP contribution >= 0.6 is 0 Å². The van der Waals surface area contributed by atoms with Gasteiger partial charge < -0.3 is 5.32 Å². The second-order valence-electron chi connectivity index (χ2n) is 4.86. The number of nitrogens with one attached hydrogen (secondary N) is 1. The van der Waals surface area contributed by atoms with Crippen molar-refractivity contribution >= 4 is 11.0 Å². The van der Waals surface area contributed by atoms with Crippen LogP contribution in [0.2, 0.25) is 0 Å². The molecule has 0 unspecified atom stereocenters. The summed E-state index contributed by atoms with van der Waals surface area (Å²) < 4.78 is 0. The van der Waals surface area contributed by atoms with E-state index in [4.69, 9.17) is 0 Å². The number of hydrogen-bond donors (Lipinski definition) is 1. The average molecular weight is 263 g/mol. The van der Waals surface area contributed by atoms with Gasteiger partial charge in [0, 0.05) is 12.6 Å². The number of rotatable bonds is 4. The molecule has 0 bridgehead atoms. The van der Waals surface area contributed by atoms with Gasteiger partial charge in [-0.25, -0.2) is 4.98 Å². The minimum atomic E-state index is 0.296. The molecule has 100 valence electrons. The second-order valence-corrected chi connectivity index (χ2v) is 4.86. The van der Waals surface area contributed by atoms with E-state index in [0.29, 0.717) is 12.6 Å². The zero-order chi connectivity index (χ0) is 13.8. The van der Waals surface area contributed by atoms with Crippen LogP contribution in [0.4, 0.5) is 0 Å². The molecule has 0 amide bonds. The van der Waals surface area contributed by atoms with Gasteiger partial charge in [0.05, 0.1) is 22.9 Å². The third-order valence-corrected chi connectivity index (χ3v) is 3.39. The highest BCUT2D eigenvalue weighted by atomic mass is 14.9. The van der Waals surface area contributed by atoms with E-state index in [-0.39, 0.29) is 0 Å². The van der Waals surface area contributed by atoms with Crippen LogP contribution in [0.25, 0.3) is 11.0 Å². The topological polar surface area (TPSA) is 37.8 Å². The first-order chi connectivity index (χ1) is 9.83. The lowest BCUT2D eigenvalue weighted by Gasteiger charge is -2.13. The van der Waals surface area contributed by atoms with E-state index in [1.807, 2.05) is 36.5 Å². The number of nitrogens with zero attached hydrogens (tertiary/aromatic N) is 2. The molecular weight excluding hydrogens is 246 g/mol. The first-order valence-electron chi connectivity index (χ1n) is 6.82. The van der Waals surface area contributed by atoms with Crippen molar-refractivity contribution in [2.45, 2.75) is 19.5 Å². The summed E-state index contributed by atoms with van der Waals surface area (Å²) in [4.78, 5) is 9.05. The van der Waals surface area contributed by atoms with Crippen LogP contribution in [-0.4, -0.2) is 9.97 Å². The van der Waals surface area contributed by atoms with E-state index in [0.717, 1.165) is 16.7 Å². The zero-order valence-electron chi connectivity index (χ0n) is 11.5. The molecule has 0 aliphatic heterocycles. The van der Waals surface area contributed by atoms with Crippen molar-refractivity contribution in [3.63, 3.8) is 0 Å². The molecule has 3 rings (SSSR count). The number of aromatic nitrogens is 2. The fourth-order valence-corrected chi connectivity index (χ4v) is 2.20. The Labute approximate surface area is 118 Å². The Morgan fingerprint density at radius 3 is 2.45 bits per heavy atom.